The molecule has 0 saturated carbocycles. The highest BCUT2D eigenvalue weighted by molar-refractivity contribution is 7.21. The minimum absolute atomic E-state index is 0.0113. The van der Waals surface area contributed by atoms with Gasteiger partial charge in [0.25, 0.3) is 0 Å². The van der Waals surface area contributed by atoms with Crippen LogP contribution in [0.25, 0.3) is 10.1 Å². The molecule has 3 aromatic rings. The monoisotopic (exact) mass is 298 g/mol. The van der Waals surface area contributed by atoms with Crippen LogP contribution in [0.1, 0.15) is 31.9 Å². The molecule has 21 heavy (non-hydrogen) atoms. The quantitative estimate of drug-likeness (QED) is 0.594. The Morgan fingerprint density at radius 1 is 0.952 bits per heavy atom. The molecule has 0 bridgehead atoms. The lowest BCUT2D eigenvalue weighted by Gasteiger charge is -2.07. The number of carbonyl (C=O) groups is 1. The first-order valence-corrected chi connectivity index (χ1v) is 7.59. The molecule has 0 aliphatic rings. The van der Waals surface area contributed by atoms with Gasteiger partial charge in [-0.3, -0.25) is 4.79 Å². The summed E-state index contributed by atoms with van der Waals surface area (Å²) in [6.07, 6.45) is 0. The molecule has 2 aromatic carbocycles. The van der Waals surface area contributed by atoms with Crippen LogP contribution in [0, 0.1) is 26.6 Å². The van der Waals surface area contributed by atoms with Crippen molar-refractivity contribution in [2.24, 2.45) is 0 Å². The largest absolute Gasteiger partial charge is 0.288 e. The normalized spacial score (nSPS) is 11.0. The summed E-state index contributed by atoms with van der Waals surface area (Å²) in [5, 5.41) is 0.782. The molecule has 3 heteroatoms. The molecule has 0 saturated heterocycles. The number of hydrogen-bond acceptors (Lipinski definition) is 2. The number of benzene rings is 2. The molecule has 0 atom stereocenters. The second-order valence-electron chi connectivity index (χ2n) is 5.37. The Morgan fingerprint density at radius 2 is 1.67 bits per heavy atom. The zero-order valence-electron chi connectivity index (χ0n) is 12.2. The van der Waals surface area contributed by atoms with E-state index in [9.17, 15) is 9.18 Å². The standard InChI is InChI=1S/C18H15FOS/c1-10-6-12(3)15(7-11(10)2)18(20)17-9-13-8-14(19)4-5-16(13)21-17/h4-9H,1-3H3. The van der Waals surface area contributed by atoms with Gasteiger partial charge in [-0.15, -0.1) is 11.3 Å². The third-order valence-electron chi connectivity index (χ3n) is 3.79. The van der Waals surface area contributed by atoms with Crippen molar-refractivity contribution in [2.75, 3.05) is 0 Å². The van der Waals surface area contributed by atoms with E-state index in [2.05, 4.69) is 0 Å². The molecule has 0 unspecified atom stereocenters. The van der Waals surface area contributed by atoms with Crippen LogP contribution in [-0.2, 0) is 0 Å². The number of hydrogen-bond donors (Lipinski definition) is 0. The molecule has 0 spiro atoms. The summed E-state index contributed by atoms with van der Waals surface area (Å²) in [7, 11) is 0. The van der Waals surface area contributed by atoms with Gasteiger partial charge >= 0.3 is 0 Å². The van der Waals surface area contributed by atoms with Crippen molar-refractivity contribution in [1.29, 1.82) is 0 Å². The van der Waals surface area contributed by atoms with E-state index in [1.54, 1.807) is 12.1 Å². The first kappa shape index (κ1) is 14.0. The molecule has 1 aromatic heterocycles. The minimum atomic E-state index is -0.276. The fraction of sp³-hybridized carbons (Fsp3) is 0.167. The Morgan fingerprint density at radius 3 is 2.43 bits per heavy atom. The minimum Gasteiger partial charge on any atom is -0.288 e. The topological polar surface area (TPSA) is 17.1 Å². The van der Waals surface area contributed by atoms with Crippen LogP contribution in [-0.4, -0.2) is 5.78 Å². The van der Waals surface area contributed by atoms with Gasteiger partial charge < -0.3 is 0 Å². The molecule has 0 amide bonds. The third-order valence-corrected chi connectivity index (χ3v) is 4.90. The zero-order chi connectivity index (χ0) is 15.1. The Bertz CT molecular complexity index is 861. The van der Waals surface area contributed by atoms with Crippen molar-refractivity contribution < 1.29 is 9.18 Å². The molecule has 106 valence electrons. The highest BCUT2D eigenvalue weighted by Crippen LogP contribution is 2.29. The Kier molecular flexibility index (Phi) is 3.38. The molecule has 3 rings (SSSR count). The summed E-state index contributed by atoms with van der Waals surface area (Å²) in [5.41, 5.74) is 4.00. The predicted octanol–water partition coefficient (Wildman–Crippen LogP) is 5.20. The highest BCUT2D eigenvalue weighted by Gasteiger charge is 2.16. The van der Waals surface area contributed by atoms with Gasteiger partial charge in [0, 0.05) is 10.3 Å². The van der Waals surface area contributed by atoms with Gasteiger partial charge in [0.1, 0.15) is 5.82 Å². The lowest BCUT2D eigenvalue weighted by molar-refractivity contribution is 0.104. The maximum atomic E-state index is 13.3. The SMILES string of the molecule is Cc1cc(C)c(C(=O)c2cc3cc(F)ccc3s2)cc1C. The van der Waals surface area contributed by atoms with E-state index in [0.717, 1.165) is 26.8 Å². The molecule has 1 heterocycles. The molecule has 0 radical (unpaired) electrons. The molecular formula is C18H15FOS. The molecule has 0 aliphatic carbocycles. The molecular weight excluding hydrogens is 283 g/mol. The maximum absolute atomic E-state index is 13.3. The van der Waals surface area contributed by atoms with Crippen molar-refractivity contribution in [3.8, 4) is 0 Å². The van der Waals surface area contributed by atoms with Gasteiger partial charge in [-0.05, 0) is 73.2 Å². The molecule has 0 N–H and O–H groups in total. The summed E-state index contributed by atoms with van der Waals surface area (Å²) >= 11 is 1.41. The number of rotatable bonds is 2. The van der Waals surface area contributed by atoms with Gasteiger partial charge in [-0.25, -0.2) is 4.39 Å². The van der Waals surface area contributed by atoms with E-state index >= 15 is 0 Å². The maximum Gasteiger partial charge on any atom is 0.203 e. The molecule has 0 aliphatic heterocycles. The predicted molar refractivity (Wildman–Crippen MR) is 85.9 cm³/mol. The number of carbonyl (C=O) groups excluding carboxylic acids is 1. The van der Waals surface area contributed by atoms with E-state index < -0.39 is 0 Å². The van der Waals surface area contributed by atoms with Crippen LogP contribution in [0.2, 0.25) is 0 Å². The summed E-state index contributed by atoms with van der Waals surface area (Å²) < 4.78 is 14.2. The van der Waals surface area contributed by atoms with E-state index in [0.29, 0.717) is 4.88 Å². The van der Waals surface area contributed by atoms with Crippen LogP contribution in [0.5, 0.6) is 0 Å². The van der Waals surface area contributed by atoms with Crippen molar-refractivity contribution in [3.63, 3.8) is 0 Å². The number of halogens is 1. The average molecular weight is 298 g/mol. The summed E-state index contributed by atoms with van der Waals surface area (Å²) in [6.45, 7) is 6.00. The van der Waals surface area contributed by atoms with E-state index in [-0.39, 0.29) is 11.6 Å². The first-order valence-electron chi connectivity index (χ1n) is 6.77. The van der Waals surface area contributed by atoms with Crippen molar-refractivity contribution in [3.05, 3.63) is 69.3 Å². The fourth-order valence-corrected chi connectivity index (χ4v) is 3.46. The number of aryl methyl sites for hydroxylation is 3. The van der Waals surface area contributed by atoms with E-state index in [4.69, 9.17) is 0 Å². The molecule has 0 fully saturated rings. The van der Waals surface area contributed by atoms with Gasteiger partial charge in [0.15, 0.2) is 0 Å². The van der Waals surface area contributed by atoms with E-state index in [1.165, 1.54) is 29.0 Å². The third kappa shape index (κ3) is 2.49. The van der Waals surface area contributed by atoms with Crippen LogP contribution >= 0.6 is 11.3 Å². The summed E-state index contributed by atoms with van der Waals surface area (Å²) in [5.74, 6) is -0.265. The Balaban J connectivity index is 2.10. The number of ketones is 1. The number of fused-ring (bicyclic) bond motifs is 1. The van der Waals surface area contributed by atoms with Crippen LogP contribution < -0.4 is 0 Å². The number of thiophene rings is 1. The fourth-order valence-electron chi connectivity index (χ4n) is 2.46. The zero-order valence-corrected chi connectivity index (χ0v) is 13.0. The van der Waals surface area contributed by atoms with Crippen LogP contribution in [0.3, 0.4) is 0 Å². The summed E-state index contributed by atoms with van der Waals surface area (Å²) in [4.78, 5) is 13.4. The second kappa shape index (κ2) is 5.08. The second-order valence-corrected chi connectivity index (χ2v) is 6.46. The lowest BCUT2D eigenvalue weighted by Crippen LogP contribution is -2.03. The van der Waals surface area contributed by atoms with Crippen LogP contribution in [0.15, 0.2) is 36.4 Å². The first-order chi connectivity index (χ1) is 9.95. The summed E-state index contributed by atoms with van der Waals surface area (Å²) in [6, 6.07) is 10.4. The van der Waals surface area contributed by atoms with Gasteiger partial charge in [-0.1, -0.05) is 6.07 Å². The van der Waals surface area contributed by atoms with Crippen molar-refractivity contribution in [1.82, 2.24) is 0 Å². The highest BCUT2D eigenvalue weighted by atomic mass is 32.1. The smallest absolute Gasteiger partial charge is 0.203 e. The molecule has 1 nitrogen and oxygen atoms in total. The average Bonchev–Trinajstić information content (AvgIpc) is 2.85. The Hall–Kier alpha value is -2.00. The van der Waals surface area contributed by atoms with Crippen LogP contribution in [0.4, 0.5) is 4.39 Å². The van der Waals surface area contributed by atoms with Gasteiger partial charge in [-0.2, -0.15) is 0 Å². The van der Waals surface area contributed by atoms with E-state index in [1.807, 2.05) is 32.9 Å². The van der Waals surface area contributed by atoms with Crippen molar-refractivity contribution >= 4 is 27.2 Å². The van der Waals surface area contributed by atoms with Crippen molar-refractivity contribution in [2.45, 2.75) is 20.8 Å². The van der Waals surface area contributed by atoms with Gasteiger partial charge in [0.05, 0.1) is 4.88 Å². The Labute approximate surface area is 127 Å². The van der Waals surface area contributed by atoms with Gasteiger partial charge in [0.2, 0.25) is 5.78 Å². The lowest BCUT2D eigenvalue weighted by atomic mass is 9.97.